The maximum atomic E-state index is 13.3. The lowest BCUT2D eigenvalue weighted by atomic mass is 10.2. The molecular formula is C12H10F2N2OS. The lowest BCUT2D eigenvalue weighted by molar-refractivity contribution is -0.115. The number of halogens is 2. The number of hydrogen-bond acceptors (Lipinski definition) is 3. The van der Waals surface area contributed by atoms with Crippen LogP contribution in [0.3, 0.4) is 0 Å². The molecule has 0 radical (unpaired) electrons. The van der Waals surface area contributed by atoms with Crippen molar-refractivity contribution in [2.24, 2.45) is 0 Å². The molecule has 0 unspecified atom stereocenters. The normalized spacial score (nSPS) is 10.4. The molecule has 2 rings (SSSR count). The molecule has 2 aromatic rings. The smallest absolute Gasteiger partial charge is 0.229 e. The summed E-state index contributed by atoms with van der Waals surface area (Å²) in [7, 11) is 0. The standard InChI is InChI=1S/C12H10F2N2OS/c1-7-10(18-6-15-7)5-11(17)16-12-8(13)3-2-4-9(12)14/h2-4,6H,5H2,1H3,(H,16,17). The molecule has 0 bridgehead atoms. The van der Waals surface area contributed by atoms with Crippen LogP contribution in [-0.2, 0) is 11.2 Å². The second kappa shape index (κ2) is 5.22. The van der Waals surface area contributed by atoms with Crippen LogP contribution in [0.1, 0.15) is 10.6 Å². The van der Waals surface area contributed by atoms with Gasteiger partial charge in [-0.15, -0.1) is 11.3 Å². The summed E-state index contributed by atoms with van der Waals surface area (Å²) in [6.45, 7) is 1.78. The maximum absolute atomic E-state index is 13.3. The number of thiazole rings is 1. The molecule has 94 valence electrons. The number of anilines is 1. The molecule has 1 aromatic carbocycles. The first-order chi connectivity index (χ1) is 8.58. The summed E-state index contributed by atoms with van der Waals surface area (Å²) in [6.07, 6.45) is 0.0598. The first kappa shape index (κ1) is 12.6. The molecule has 6 heteroatoms. The summed E-state index contributed by atoms with van der Waals surface area (Å²) in [5.41, 5.74) is 1.97. The number of rotatable bonds is 3. The second-order valence-corrected chi connectivity index (χ2v) is 4.62. The molecule has 1 heterocycles. The summed E-state index contributed by atoms with van der Waals surface area (Å²) in [5.74, 6) is -2.04. The Labute approximate surface area is 106 Å². The van der Waals surface area contributed by atoms with Gasteiger partial charge in [-0.3, -0.25) is 4.79 Å². The number of nitrogens with one attached hydrogen (secondary N) is 1. The van der Waals surface area contributed by atoms with E-state index in [1.165, 1.54) is 17.4 Å². The van der Waals surface area contributed by atoms with Crippen LogP contribution in [0.5, 0.6) is 0 Å². The van der Waals surface area contributed by atoms with Gasteiger partial charge in [-0.05, 0) is 19.1 Å². The van der Waals surface area contributed by atoms with Gasteiger partial charge < -0.3 is 5.32 Å². The van der Waals surface area contributed by atoms with Crippen molar-refractivity contribution in [1.82, 2.24) is 4.98 Å². The molecule has 1 amide bonds. The van der Waals surface area contributed by atoms with Crippen molar-refractivity contribution in [2.75, 3.05) is 5.32 Å². The van der Waals surface area contributed by atoms with Gasteiger partial charge >= 0.3 is 0 Å². The van der Waals surface area contributed by atoms with Crippen molar-refractivity contribution in [3.8, 4) is 0 Å². The number of nitrogens with zero attached hydrogens (tertiary/aromatic N) is 1. The van der Waals surface area contributed by atoms with Crippen LogP contribution >= 0.6 is 11.3 Å². The zero-order valence-corrected chi connectivity index (χ0v) is 10.4. The Kier molecular flexibility index (Phi) is 3.66. The number of aromatic nitrogens is 1. The number of hydrogen-bond donors (Lipinski definition) is 1. The minimum absolute atomic E-state index is 0.0598. The molecule has 0 saturated heterocycles. The zero-order valence-electron chi connectivity index (χ0n) is 9.54. The average Bonchev–Trinajstić information content (AvgIpc) is 2.70. The fraction of sp³-hybridized carbons (Fsp3) is 0.167. The van der Waals surface area contributed by atoms with E-state index in [0.29, 0.717) is 0 Å². The second-order valence-electron chi connectivity index (χ2n) is 3.68. The molecular weight excluding hydrogens is 258 g/mol. The monoisotopic (exact) mass is 268 g/mol. The van der Waals surface area contributed by atoms with E-state index in [0.717, 1.165) is 22.7 Å². The Morgan fingerprint density at radius 3 is 2.61 bits per heavy atom. The maximum Gasteiger partial charge on any atom is 0.229 e. The van der Waals surface area contributed by atoms with Gasteiger partial charge in [-0.25, -0.2) is 13.8 Å². The van der Waals surface area contributed by atoms with E-state index in [4.69, 9.17) is 0 Å². The Morgan fingerprint density at radius 2 is 2.06 bits per heavy atom. The van der Waals surface area contributed by atoms with E-state index >= 15 is 0 Å². The van der Waals surface area contributed by atoms with Crippen LogP contribution in [0.2, 0.25) is 0 Å². The Balaban J connectivity index is 2.10. The Bertz CT molecular complexity index is 563. The number of carbonyl (C=O) groups is 1. The highest BCUT2D eigenvalue weighted by Gasteiger charge is 2.13. The number of benzene rings is 1. The number of amides is 1. The fourth-order valence-corrected chi connectivity index (χ4v) is 2.22. The molecule has 1 aromatic heterocycles. The summed E-state index contributed by atoms with van der Waals surface area (Å²) < 4.78 is 26.6. The van der Waals surface area contributed by atoms with Crippen LogP contribution in [0.25, 0.3) is 0 Å². The van der Waals surface area contributed by atoms with E-state index in [1.54, 1.807) is 12.4 Å². The van der Waals surface area contributed by atoms with Crippen molar-refractivity contribution in [3.63, 3.8) is 0 Å². The highest BCUT2D eigenvalue weighted by atomic mass is 32.1. The first-order valence-electron chi connectivity index (χ1n) is 5.20. The van der Waals surface area contributed by atoms with Crippen LogP contribution in [-0.4, -0.2) is 10.9 Å². The summed E-state index contributed by atoms with van der Waals surface area (Å²) >= 11 is 1.34. The van der Waals surface area contributed by atoms with Gasteiger partial charge in [0.05, 0.1) is 17.6 Å². The number of para-hydroxylation sites is 1. The summed E-state index contributed by atoms with van der Waals surface area (Å²) in [6, 6.07) is 3.43. The number of aryl methyl sites for hydroxylation is 1. The Hall–Kier alpha value is -1.82. The topological polar surface area (TPSA) is 42.0 Å². The molecule has 3 nitrogen and oxygen atoms in total. The van der Waals surface area contributed by atoms with Crippen molar-refractivity contribution < 1.29 is 13.6 Å². The minimum atomic E-state index is -0.788. The molecule has 1 N–H and O–H groups in total. The third-order valence-corrected chi connectivity index (χ3v) is 3.33. The van der Waals surface area contributed by atoms with Crippen molar-refractivity contribution in [2.45, 2.75) is 13.3 Å². The van der Waals surface area contributed by atoms with Gasteiger partial charge in [0.1, 0.15) is 17.3 Å². The summed E-state index contributed by atoms with van der Waals surface area (Å²) in [5, 5.41) is 2.23. The lowest BCUT2D eigenvalue weighted by Gasteiger charge is -2.06. The molecule has 0 fully saturated rings. The van der Waals surface area contributed by atoms with Gasteiger partial charge in [0.25, 0.3) is 0 Å². The molecule has 0 atom stereocenters. The van der Waals surface area contributed by atoms with Gasteiger partial charge in [0.15, 0.2) is 0 Å². The van der Waals surface area contributed by atoms with E-state index < -0.39 is 23.2 Å². The van der Waals surface area contributed by atoms with Crippen molar-refractivity contribution >= 4 is 22.9 Å². The molecule has 0 spiro atoms. The van der Waals surface area contributed by atoms with Gasteiger partial charge in [0, 0.05) is 4.88 Å². The van der Waals surface area contributed by atoms with Gasteiger partial charge in [-0.2, -0.15) is 0 Å². The van der Waals surface area contributed by atoms with Crippen molar-refractivity contribution in [3.05, 3.63) is 45.9 Å². The zero-order chi connectivity index (χ0) is 13.1. The average molecular weight is 268 g/mol. The summed E-state index contributed by atoms with van der Waals surface area (Å²) in [4.78, 5) is 16.5. The van der Waals surface area contributed by atoms with E-state index in [2.05, 4.69) is 10.3 Å². The predicted octanol–water partition coefficient (Wildman–Crippen LogP) is 2.91. The highest BCUT2D eigenvalue weighted by Crippen LogP contribution is 2.19. The van der Waals surface area contributed by atoms with Crippen LogP contribution < -0.4 is 5.32 Å². The first-order valence-corrected chi connectivity index (χ1v) is 6.08. The Morgan fingerprint density at radius 1 is 1.39 bits per heavy atom. The predicted molar refractivity (Wildman–Crippen MR) is 65.5 cm³/mol. The van der Waals surface area contributed by atoms with Crippen molar-refractivity contribution in [1.29, 1.82) is 0 Å². The van der Waals surface area contributed by atoms with E-state index in [1.807, 2.05) is 0 Å². The minimum Gasteiger partial charge on any atom is -0.321 e. The third kappa shape index (κ3) is 2.70. The van der Waals surface area contributed by atoms with Crippen LogP contribution in [0.15, 0.2) is 23.7 Å². The molecule has 0 aliphatic carbocycles. The fourth-order valence-electron chi connectivity index (χ4n) is 1.44. The lowest BCUT2D eigenvalue weighted by Crippen LogP contribution is -2.16. The quantitative estimate of drug-likeness (QED) is 0.930. The van der Waals surface area contributed by atoms with E-state index in [-0.39, 0.29) is 6.42 Å². The highest BCUT2D eigenvalue weighted by molar-refractivity contribution is 7.09. The molecule has 0 aliphatic rings. The number of carbonyl (C=O) groups excluding carboxylic acids is 1. The molecule has 18 heavy (non-hydrogen) atoms. The SMILES string of the molecule is Cc1ncsc1CC(=O)Nc1c(F)cccc1F. The largest absolute Gasteiger partial charge is 0.321 e. The van der Waals surface area contributed by atoms with E-state index in [9.17, 15) is 13.6 Å². The molecule has 0 saturated carbocycles. The molecule has 0 aliphatic heterocycles. The third-order valence-electron chi connectivity index (χ3n) is 2.39. The van der Waals surface area contributed by atoms with Crippen LogP contribution in [0, 0.1) is 18.6 Å². The van der Waals surface area contributed by atoms with Gasteiger partial charge in [0.2, 0.25) is 5.91 Å². The van der Waals surface area contributed by atoms with Crippen LogP contribution in [0.4, 0.5) is 14.5 Å². The van der Waals surface area contributed by atoms with Gasteiger partial charge in [-0.1, -0.05) is 6.07 Å².